The minimum absolute atomic E-state index is 0.292. The zero-order valence-corrected chi connectivity index (χ0v) is 9.30. The lowest BCUT2D eigenvalue weighted by molar-refractivity contribution is 0.0525. The number of fused-ring (bicyclic) bond motifs is 1. The van der Waals surface area contributed by atoms with Gasteiger partial charge in [0, 0.05) is 5.69 Å². The van der Waals surface area contributed by atoms with Gasteiger partial charge in [-0.3, -0.25) is 0 Å². The summed E-state index contributed by atoms with van der Waals surface area (Å²) in [6.07, 6.45) is 2.84. The molecule has 15 heavy (non-hydrogen) atoms. The molecule has 1 aliphatic rings. The van der Waals surface area contributed by atoms with Crippen LogP contribution in [0.3, 0.4) is 0 Å². The monoisotopic (exact) mass is 225 g/mol. The highest BCUT2D eigenvalue weighted by Gasteiger charge is 2.22. The molecule has 0 amide bonds. The van der Waals surface area contributed by atoms with E-state index in [1.807, 2.05) is 0 Å². The summed E-state index contributed by atoms with van der Waals surface area (Å²) < 4.78 is 4.98. The number of ether oxygens (including phenoxy) is 1. The summed E-state index contributed by atoms with van der Waals surface area (Å²) in [4.78, 5) is 15.9. The van der Waals surface area contributed by atoms with Gasteiger partial charge in [0.15, 0.2) is 0 Å². The maximum absolute atomic E-state index is 11.6. The summed E-state index contributed by atoms with van der Waals surface area (Å²) in [7, 11) is 0. The summed E-state index contributed by atoms with van der Waals surface area (Å²) in [5.41, 5.74) is 2.55. The third-order valence-corrected chi connectivity index (χ3v) is 2.71. The van der Waals surface area contributed by atoms with Gasteiger partial charge < -0.3 is 4.74 Å². The van der Waals surface area contributed by atoms with Gasteiger partial charge in [0.1, 0.15) is 5.15 Å². The van der Waals surface area contributed by atoms with E-state index in [9.17, 15) is 4.79 Å². The van der Waals surface area contributed by atoms with Crippen molar-refractivity contribution in [3.63, 3.8) is 0 Å². The van der Waals surface area contributed by atoms with E-state index in [4.69, 9.17) is 16.3 Å². The van der Waals surface area contributed by atoms with Gasteiger partial charge in [-0.1, -0.05) is 11.6 Å². The Bertz CT molecular complexity index is 404. The zero-order valence-electron chi connectivity index (χ0n) is 8.55. The molecule has 0 saturated heterocycles. The Morgan fingerprint density at radius 1 is 1.60 bits per heavy atom. The number of carbonyl (C=O) groups excluding carboxylic acids is 1. The molecule has 0 aromatic carbocycles. The maximum Gasteiger partial charge on any atom is 0.338 e. The fraction of sp³-hybridized carbons (Fsp3) is 0.455. The number of esters is 1. The van der Waals surface area contributed by atoms with E-state index in [-0.39, 0.29) is 5.97 Å². The molecule has 3 nitrogen and oxygen atoms in total. The Morgan fingerprint density at radius 3 is 3.13 bits per heavy atom. The average molecular weight is 226 g/mol. The van der Waals surface area contributed by atoms with Crippen molar-refractivity contribution in [3.05, 3.63) is 28.0 Å². The van der Waals surface area contributed by atoms with Crippen LogP contribution in [0, 0.1) is 0 Å². The lowest BCUT2D eigenvalue weighted by Gasteiger charge is -2.07. The normalized spacial score (nSPS) is 13.7. The molecule has 0 aliphatic heterocycles. The molecule has 0 atom stereocenters. The number of carbonyl (C=O) groups is 1. The van der Waals surface area contributed by atoms with Crippen molar-refractivity contribution in [2.75, 3.05) is 6.61 Å². The van der Waals surface area contributed by atoms with Crippen LogP contribution < -0.4 is 0 Å². The third-order valence-electron chi connectivity index (χ3n) is 2.51. The van der Waals surface area contributed by atoms with E-state index in [0.29, 0.717) is 17.3 Å². The zero-order chi connectivity index (χ0) is 10.8. The first kappa shape index (κ1) is 10.4. The number of aryl methyl sites for hydroxylation is 1. The standard InChI is InChI=1S/C11H12ClNO2/c1-2-15-11(14)8-6-10(12)13-9-5-3-4-7(8)9/h6H,2-5H2,1H3. The number of rotatable bonds is 2. The van der Waals surface area contributed by atoms with Crippen LogP contribution in [0.15, 0.2) is 6.07 Å². The number of halogens is 1. The third kappa shape index (κ3) is 1.97. The van der Waals surface area contributed by atoms with Gasteiger partial charge in [0.25, 0.3) is 0 Å². The lowest BCUT2D eigenvalue weighted by atomic mass is 10.1. The molecule has 0 radical (unpaired) electrons. The topological polar surface area (TPSA) is 39.2 Å². The molecule has 0 N–H and O–H groups in total. The molecule has 0 unspecified atom stereocenters. The summed E-state index contributed by atoms with van der Waals surface area (Å²) in [6, 6.07) is 1.60. The molecule has 1 aliphatic carbocycles. The van der Waals surface area contributed by atoms with E-state index in [0.717, 1.165) is 30.5 Å². The van der Waals surface area contributed by atoms with Crippen molar-refractivity contribution in [1.82, 2.24) is 4.98 Å². The highest BCUT2D eigenvalue weighted by atomic mass is 35.5. The molecule has 0 saturated carbocycles. The van der Waals surface area contributed by atoms with Crippen LogP contribution in [0.2, 0.25) is 5.15 Å². The van der Waals surface area contributed by atoms with Gasteiger partial charge in [-0.25, -0.2) is 9.78 Å². The number of nitrogens with zero attached hydrogens (tertiary/aromatic N) is 1. The van der Waals surface area contributed by atoms with Crippen LogP contribution in [-0.2, 0) is 17.6 Å². The van der Waals surface area contributed by atoms with Crippen molar-refractivity contribution in [2.45, 2.75) is 26.2 Å². The number of hydrogen-bond donors (Lipinski definition) is 0. The van der Waals surface area contributed by atoms with Gasteiger partial charge in [0.05, 0.1) is 12.2 Å². The van der Waals surface area contributed by atoms with Crippen LogP contribution in [0.5, 0.6) is 0 Å². The van der Waals surface area contributed by atoms with E-state index in [1.165, 1.54) is 0 Å². The second kappa shape index (κ2) is 4.19. The van der Waals surface area contributed by atoms with Crippen LogP contribution in [0.4, 0.5) is 0 Å². The van der Waals surface area contributed by atoms with Crippen molar-refractivity contribution in [1.29, 1.82) is 0 Å². The fourth-order valence-electron chi connectivity index (χ4n) is 1.90. The molecule has 0 fully saturated rings. The highest BCUT2D eigenvalue weighted by molar-refractivity contribution is 6.29. The Kier molecular flexibility index (Phi) is 2.91. The van der Waals surface area contributed by atoms with Gasteiger partial charge in [-0.05, 0) is 37.8 Å². The Morgan fingerprint density at radius 2 is 2.40 bits per heavy atom. The van der Waals surface area contributed by atoms with Gasteiger partial charge in [-0.15, -0.1) is 0 Å². The largest absolute Gasteiger partial charge is 0.462 e. The first-order valence-electron chi connectivity index (χ1n) is 5.07. The lowest BCUT2D eigenvalue weighted by Crippen LogP contribution is -2.09. The number of aromatic nitrogens is 1. The molecule has 2 rings (SSSR count). The molecule has 0 spiro atoms. The van der Waals surface area contributed by atoms with E-state index in [2.05, 4.69) is 4.98 Å². The summed E-state index contributed by atoms with van der Waals surface area (Å²) in [5.74, 6) is -0.292. The van der Waals surface area contributed by atoms with Crippen molar-refractivity contribution in [3.8, 4) is 0 Å². The summed E-state index contributed by atoms with van der Waals surface area (Å²) in [6.45, 7) is 2.18. The van der Waals surface area contributed by atoms with Crippen molar-refractivity contribution in [2.24, 2.45) is 0 Å². The molecule has 80 valence electrons. The molecular weight excluding hydrogens is 214 g/mol. The fourth-order valence-corrected chi connectivity index (χ4v) is 2.11. The number of hydrogen-bond acceptors (Lipinski definition) is 3. The van der Waals surface area contributed by atoms with Crippen LogP contribution >= 0.6 is 11.6 Å². The molecule has 0 bridgehead atoms. The summed E-state index contributed by atoms with van der Waals surface area (Å²) in [5, 5.41) is 0.374. The van der Waals surface area contributed by atoms with Gasteiger partial charge >= 0.3 is 5.97 Å². The molecule has 1 aromatic heterocycles. The number of pyridine rings is 1. The minimum atomic E-state index is -0.292. The predicted molar refractivity (Wildman–Crippen MR) is 57.2 cm³/mol. The Hall–Kier alpha value is -1.09. The van der Waals surface area contributed by atoms with E-state index >= 15 is 0 Å². The van der Waals surface area contributed by atoms with Gasteiger partial charge in [-0.2, -0.15) is 0 Å². The molecular formula is C11H12ClNO2. The average Bonchev–Trinajstić information content (AvgIpc) is 2.64. The Labute approximate surface area is 93.4 Å². The molecule has 1 aromatic rings. The second-order valence-electron chi connectivity index (χ2n) is 3.49. The first-order valence-corrected chi connectivity index (χ1v) is 5.45. The van der Waals surface area contributed by atoms with E-state index < -0.39 is 0 Å². The Balaban J connectivity index is 2.42. The minimum Gasteiger partial charge on any atom is -0.462 e. The predicted octanol–water partition coefficient (Wildman–Crippen LogP) is 2.40. The second-order valence-corrected chi connectivity index (χ2v) is 3.88. The molecule has 1 heterocycles. The molecule has 4 heteroatoms. The maximum atomic E-state index is 11.6. The first-order chi connectivity index (χ1) is 7.22. The van der Waals surface area contributed by atoms with Crippen molar-refractivity contribution >= 4 is 17.6 Å². The van der Waals surface area contributed by atoms with Crippen LogP contribution in [0.25, 0.3) is 0 Å². The van der Waals surface area contributed by atoms with Gasteiger partial charge in [0.2, 0.25) is 0 Å². The van der Waals surface area contributed by atoms with Crippen molar-refractivity contribution < 1.29 is 9.53 Å². The van der Waals surface area contributed by atoms with Crippen LogP contribution in [0.1, 0.15) is 35.0 Å². The van der Waals surface area contributed by atoms with E-state index in [1.54, 1.807) is 13.0 Å². The smallest absolute Gasteiger partial charge is 0.338 e. The highest BCUT2D eigenvalue weighted by Crippen LogP contribution is 2.26. The quantitative estimate of drug-likeness (QED) is 0.573. The SMILES string of the molecule is CCOC(=O)c1cc(Cl)nc2c1CCC2. The summed E-state index contributed by atoms with van der Waals surface area (Å²) >= 11 is 5.85. The van der Waals surface area contributed by atoms with Crippen LogP contribution in [-0.4, -0.2) is 17.6 Å².